The summed E-state index contributed by atoms with van der Waals surface area (Å²) >= 11 is 1.19. The van der Waals surface area contributed by atoms with Gasteiger partial charge in [0, 0.05) is 50.2 Å². The van der Waals surface area contributed by atoms with E-state index in [1.165, 1.54) is 18.3 Å². The van der Waals surface area contributed by atoms with Gasteiger partial charge in [0.15, 0.2) is 11.9 Å². The molecular weight excluding hydrogens is 669 g/mol. The van der Waals surface area contributed by atoms with Gasteiger partial charge in [0.05, 0.1) is 12.0 Å². The number of likely N-dealkylation sites (tertiary alicyclic amines) is 1. The monoisotopic (exact) mass is 726 g/mol. The van der Waals surface area contributed by atoms with E-state index in [1.54, 1.807) is 24.3 Å². The molecule has 1 fully saturated rings. The second-order valence-corrected chi connectivity index (χ2v) is 15.5. The molecule has 0 aliphatic carbocycles. The smallest absolute Gasteiger partial charge is 0.306 e. The zero-order valence-corrected chi connectivity index (χ0v) is 32.4. The van der Waals surface area contributed by atoms with Crippen molar-refractivity contribution < 1.29 is 33.8 Å². The molecule has 1 aromatic carbocycles. The number of carboxylic acid groups (broad SMARTS) is 1. The fraction of sp³-hybridized carbons (Fsp3) is 0.641. The number of aliphatic carboxylic acids is 1. The number of ketones is 1. The molecule has 0 spiro atoms. The number of carbonyl (C=O) groups is 5. The first-order valence-corrected chi connectivity index (χ1v) is 19.2. The summed E-state index contributed by atoms with van der Waals surface area (Å²) in [4.78, 5) is 73.6. The Balaban J connectivity index is 1.81. The summed E-state index contributed by atoms with van der Waals surface area (Å²) in [5.41, 5.74) is 1.11. The van der Waals surface area contributed by atoms with Crippen molar-refractivity contribution >= 4 is 40.9 Å². The molecule has 1 unspecified atom stereocenters. The number of thiazole rings is 1. The Labute approximate surface area is 307 Å². The molecular formula is C39H58N4O7S. The van der Waals surface area contributed by atoms with Crippen LogP contribution in [0.5, 0.6) is 0 Å². The number of benzene rings is 1. The molecule has 3 rings (SSSR count). The van der Waals surface area contributed by atoms with E-state index in [4.69, 9.17) is 4.74 Å². The molecule has 2 aromatic rings. The number of rotatable bonds is 19. The largest absolute Gasteiger partial charge is 0.481 e. The highest BCUT2D eigenvalue weighted by atomic mass is 32.1. The maximum Gasteiger partial charge on any atom is 0.306 e. The Morgan fingerprint density at radius 1 is 1.08 bits per heavy atom. The van der Waals surface area contributed by atoms with Crippen LogP contribution >= 0.6 is 11.3 Å². The third kappa shape index (κ3) is 12.2. The number of likely N-dealkylation sites (N-methyl/N-ethyl adjacent to an activating group) is 1. The number of hydrogen-bond donors (Lipinski definition) is 2. The molecule has 12 heteroatoms. The van der Waals surface area contributed by atoms with E-state index in [2.05, 4.69) is 15.2 Å². The number of nitrogens with one attached hydrogen (secondary N) is 1. The minimum Gasteiger partial charge on any atom is -0.481 e. The number of Topliss-reactive ketones (excluding diaryl/α,β-unsaturated/α-hetero) is 1. The van der Waals surface area contributed by atoms with Crippen molar-refractivity contribution in [1.82, 2.24) is 20.1 Å². The van der Waals surface area contributed by atoms with Crippen LogP contribution in [0.4, 0.5) is 0 Å². The van der Waals surface area contributed by atoms with E-state index in [-0.39, 0.29) is 60.6 Å². The molecule has 1 aromatic heterocycles. The third-order valence-corrected chi connectivity index (χ3v) is 11.3. The van der Waals surface area contributed by atoms with Gasteiger partial charge in [-0.05, 0) is 56.7 Å². The molecule has 1 aliphatic heterocycles. The average Bonchev–Trinajstić information content (AvgIpc) is 3.59. The minimum atomic E-state index is -0.940. The first-order valence-electron chi connectivity index (χ1n) is 18.3. The summed E-state index contributed by atoms with van der Waals surface area (Å²) in [5.74, 6) is -3.05. The zero-order valence-electron chi connectivity index (χ0n) is 31.6. The highest BCUT2D eigenvalue weighted by Gasteiger charge is 2.37. The van der Waals surface area contributed by atoms with Gasteiger partial charge in [0.2, 0.25) is 5.91 Å². The first-order chi connectivity index (χ1) is 24.1. The van der Waals surface area contributed by atoms with Crippen LogP contribution in [0.15, 0.2) is 35.7 Å². The van der Waals surface area contributed by atoms with Gasteiger partial charge in [-0.2, -0.15) is 0 Å². The predicted octanol–water partition coefficient (Wildman–Crippen LogP) is 6.18. The number of esters is 1. The third-order valence-electron chi connectivity index (χ3n) is 10.3. The van der Waals surface area contributed by atoms with Gasteiger partial charge in [0.1, 0.15) is 10.7 Å². The molecule has 2 N–H and O–H groups in total. The summed E-state index contributed by atoms with van der Waals surface area (Å²) in [5, 5.41) is 14.5. The van der Waals surface area contributed by atoms with Crippen LogP contribution in [0.1, 0.15) is 114 Å². The van der Waals surface area contributed by atoms with E-state index in [9.17, 15) is 29.1 Å². The first kappa shape index (κ1) is 41.8. The molecule has 0 bridgehead atoms. The normalized spacial score (nSPS) is 18.6. The standard InChI is InChI=1S/C39H58N4O7S/c1-9-25(4)30(21-34(45)32-17-13-14-18-42(32)7)38(47)43(8)33(24(2)3)22-35(50-27(6)44)37-41-31(23-51-37)36(46)40-29(19-26(5)39(48)49)20-28-15-11-10-12-16-28/h10-12,15-16,23-26,29-30,32-33,35H,9,13-14,17-22H2,1-8H3,(H,40,46)(H,48,49)/t25?,26-,29+,30-,32+,33+,35+/m0/s1. The second kappa shape index (κ2) is 19.8. The van der Waals surface area contributed by atoms with Crippen LogP contribution < -0.4 is 5.32 Å². The molecule has 2 heterocycles. The van der Waals surface area contributed by atoms with Gasteiger partial charge >= 0.3 is 11.9 Å². The lowest BCUT2D eigenvalue weighted by Gasteiger charge is -2.37. The summed E-state index contributed by atoms with van der Waals surface area (Å²) in [6.07, 6.45) is 3.97. The molecule has 2 amide bonds. The van der Waals surface area contributed by atoms with E-state index in [1.807, 2.05) is 65.1 Å². The lowest BCUT2D eigenvalue weighted by molar-refractivity contribution is -0.149. The highest BCUT2D eigenvalue weighted by molar-refractivity contribution is 7.09. The van der Waals surface area contributed by atoms with Gasteiger partial charge in [-0.15, -0.1) is 11.3 Å². The number of amides is 2. The number of nitrogens with zero attached hydrogens (tertiary/aromatic N) is 3. The van der Waals surface area contributed by atoms with Crippen molar-refractivity contribution in [3.8, 4) is 0 Å². The average molecular weight is 727 g/mol. The SMILES string of the molecule is CCC(C)[C@H](CC(=O)[C@H]1CCCCN1C)C(=O)N(C)[C@H](C[C@@H](OC(C)=O)c1nc(C(=O)N[C@@H](Cc2ccccc2)C[C@H](C)C(=O)O)cs1)C(C)C. The molecule has 0 saturated carbocycles. The molecule has 0 radical (unpaired) electrons. The Bertz CT molecular complexity index is 1460. The maximum absolute atomic E-state index is 14.2. The summed E-state index contributed by atoms with van der Waals surface area (Å²) in [7, 11) is 3.74. The number of carboxylic acids is 1. The molecule has 7 atom stereocenters. The van der Waals surface area contributed by atoms with Crippen LogP contribution in [-0.4, -0.2) is 88.2 Å². The van der Waals surface area contributed by atoms with E-state index < -0.39 is 41.8 Å². The van der Waals surface area contributed by atoms with E-state index in [0.29, 0.717) is 11.4 Å². The number of piperidine rings is 1. The van der Waals surface area contributed by atoms with Crippen molar-refractivity contribution in [3.05, 3.63) is 52.0 Å². The lowest BCUT2D eigenvalue weighted by atomic mass is 9.83. The van der Waals surface area contributed by atoms with Crippen LogP contribution in [0.25, 0.3) is 0 Å². The highest BCUT2D eigenvalue weighted by Crippen LogP contribution is 2.33. The molecule has 51 heavy (non-hydrogen) atoms. The number of ether oxygens (including phenoxy) is 1. The lowest BCUT2D eigenvalue weighted by Crippen LogP contribution is -2.48. The van der Waals surface area contributed by atoms with E-state index in [0.717, 1.165) is 37.8 Å². The van der Waals surface area contributed by atoms with E-state index >= 15 is 0 Å². The quantitative estimate of drug-likeness (QED) is 0.162. The Morgan fingerprint density at radius 3 is 2.35 bits per heavy atom. The van der Waals surface area contributed by atoms with Crippen LogP contribution in [0, 0.1) is 23.7 Å². The zero-order chi connectivity index (χ0) is 37.8. The molecule has 1 saturated heterocycles. The maximum atomic E-state index is 14.2. The van der Waals surface area contributed by atoms with Crippen molar-refractivity contribution in [1.29, 1.82) is 0 Å². The molecule has 11 nitrogen and oxygen atoms in total. The Kier molecular flexibility index (Phi) is 16.2. The van der Waals surface area contributed by atoms with Gasteiger partial charge in [-0.25, -0.2) is 4.98 Å². The van der Waals surface area contributed by atoms with Gasteiger partial charge < -0.3 is 20.1 Å². The van der Waals surface area contributed by atoms with Gasteiger partial charge in [0.25, 0.3) is 5.91 Å². The number of carbonyl (C=O) groups excluding carboxylic acids is 4. The van der Waals surface area contributed by atoms with Gasteiger partial charge in [-0.3, -0.25) is 28.9 Å². The Hall–Kier alpha value is -3.64. The number of aromatic nitrogens is 1. The van der Waals surface area contributed by atoms with Crippen LogP contribution in [0.3, 0.4) is 0 Å². The summed E-state index contributed by atoms with van der Waals surface area (Å²) < 4.78 is 5.78. The fourth-order valence-corrected chi connectivity index (χ4v) is 7.83. The van der Waals surface area contributed by atoms with Crippen LogP contribution in [0.2, 0.25) is 0 Å². The topological polar surface area (TPSA) is 146 Å². The minimum absolute atomic E-state index is 0.000823. The Morgan fingerprint density at radius 2 is 1.76 bits per heavy atom. The molecule has 1 aliphatic rings. The number of hydrogen-bond acceptors (Lipinski definition) is 9. The van der Waals surface area contributed by atoms with Gasteiger partial charge in [-0.1, -0.05) is 77.8 Å². The van der Waals surface area contributed by atoms with Crippen molar-refractivity contribution in [2.75, 3.05) is 20.6 Å². The summed E-state index contributed by atoms with van der Waals surface area (Å²) in [6, 6.07) is 8.58. The second-order valence-electron chi connectivity index (χ2n) is 14.7. The predicted molar refractivity (Wildman–Crippen MR) is 198 cm³/mol. The van der Waals surface area contributed by atoms with Crippen LogP contribution in [-0.2, 0) is 30.3 Å². The van der Waals surface area contributed by atoms with Crippen molar-refractivity contribution in [2.45, 2.75) is 117 Å². The van der Waals surface area contributed by atoms with Crippen molar-refractivity contribution in [2.24, 2.45) is 23.7 Å². The fourth-order valence-electron chi connectivity index (χ4n) is 6.99. The summed E-state index contributed by atoms with van der Waals surface area (Å²) in [6.45, 7) is 11.9. The molecule has 282 valence electrons. The van der Waals surface area contributed by atoms with Crippen molar-refractivity contribution in [3.63, 3.8) is 0 Å².